The van der Waals surface area contributed by atoms with Crippen molar-refractivity contribution in [3.63, 3.8) is 0 Å². The summed E-state index contributed by atoms with van der Waals surface area (Å²) in [6, 6.07) is 9.97. The SMILES string of the molecule is CCOc1ccc(NC(=O)COc2cc(Cl)cc(Cl)c2)cc1OCC. The van der Waals surface area contributed by atoms with Gasteiger partial charge in [0.25, 0.3) is 5.91 Å². The monoisotopic (exact) mass is 383 g/mol. The number of ether oxygens (including phenoxy) is 3. The molecule has 0 radical (unpaired) electrons. The molecule has 134 valence electrons. The van der Waals surface area contributed by atoms with E-state index in [0.717, 1.165) is 0 Å². The third-order valence-corrected chi connectivity index (χ3v) is 3.47. The number of hydrogen-bond acceptors (Lipinski definition) is 4. The lowest BCUT2D eigenvalue weighted by molar-refractivity contribution is -0.118. The molecule has 1 N–H and O–H groups in total. The van der Waals surface area contributed by atoms with E-state index in [0.29, 0.717) is 46.2 Å². The molecular formula is C18H19Cl2NO4. The van der Waals surface area contributed by atoms with Crippen LogP contribution in [0.1, 0.15) is 13.8 Å². The summed E-state index contributed by atoms with van der Waals surface area (Å²) in [6.07, 6.45) is 0. The Morgan fingerprint density at radius 2 is 1.56 bits per heavy atom. The summed E-state index contributed by atoms with van der Waals surface area (Å²) in [6.45, 7) is 4.63. The Morgan fingerprint density at radius 1 is 0.920 bits per heavy atom. The van der Waals surface area contributed by atoms with Gasteiger partial charge in [0.05, 0.1) is 13.2 Å². The summed E-state index contributed by atoms with van der Waals surface area (Å²) in [5.74, 6) is 1.31. The highest BCUT2D eigenvalue weighted by Gasteiger charge is 2.09. The molecule has 2 aromatic carbocycles. The maximum atomic E-state index is 12.1. The standard InChI is InChI=1S/C18H19Cl2NO4/c1-3-23-16-6-5-14(10-17(16)24-4-2)21-18(22)11-25-15-8-12(19)7-13(20)9-15/h5-10H,3-4,11H2,1-2H3,(H,21,22). The van der Waals surface area contributed by atoms with E-state index in [2.05, 4.69) is 5.32 Å². The van der Waals surface area contributed by atoms with Gasteiger partial charge >= 0.3 is 0 Å². The van der Waals surface area contributed by atoms with Gasteiger partial charge in [0.2, 0.25) is 0 Å². The van der Waals surface area contributed by atoms with Gasteiger partial charge in [-0.15, -0.1) is 0 Å². The molecule has 2 rings (SSSR count). The summed E-state index contributed by atoms with van der Waals surface area (Å²) in [5.41, 5.74) is 0.588. The van der Waals surface area contributed by atoms with Crippen molar-refractivity contribution in [2.24, 2.45) is 0 Å². The van der Waals surface area contributed by atoms with Crippen molar-refractivity contribution in [2.45, 2.75) is 13.8 Å². The molecule has 0 unspecified atom stereocenters. The molecule has 5 nitrogen and oxygen atoms in total. The Morgan fingerprint density at radius 3 is 2.20 bits per heavy atom. The van der Waals surface area contributed by atoms with Crippen LogP contribution < -0.4 is 19.5 Å². The van der Waals surface area contributed by atoms with Crippen LogP contribution in [0.25, 0.3) is 0 Å². The molecule has 7 heteroatoms. The second kappa shape index (κ2) is 9.39. The first-order valence-corrected chi connectivity index (χ1v) is 8.55. The number of carbonyl (C=O) groups excluding carboxylic acids is 1. The molecule has 0 heterocycles. The molecule has 0 bridgehead atoms. The Hall–Kier alpha value is -2.11. The van der Waals surface area contributed by atoms with Crippen molar-refractivity contribution in [3.05, 3.63) is 46.4 Å². The number of amides is 1. The minimum Gasteiger partial charge on any atom is -0.490 e. The number of rotatable bonds is 8. The van der Waals surface area contributed by atoms with Gasteiger partial charge in [0, 0.05) is 21.8 Å². The molecule has 0 spiro atoms. The molecular weight excluding hydrogens is 365 g/mol. The van der Waals surface area contributed by atoms with Crippen LogP contribution in [-0.2, 0) is 4.79 Å². The van der Waals surface area contributed by atoms with Crippen LogP contribution in [0, 0.1) is 0 Å². The van der Waals surface area contributed by atoms with E-state index in [4.69, 9.17) is 37.4 Å². The van der Waals surface area contributed by atoms with Gasteiger partial charge in [-0.2, -0.15) is 0 Å². The van der Waals surface area contributed by atoms with E-state index in [1.807, 2.05) is 13.8 Å². The highest BCUT2D eigenvalue weighted by Crippen LogP contribution is 2.30. The van der Waals surface area contributed by atoms with Gasteiger partial charge in [0.15, 0.2) is 18.1 Å². The van der Waals surface area contributed by atoms with Gasteiger partial charge in [0.1, 0.15) is 5.75 Å². The second-order valence-corrected chi connectivity index (χ2v) is 5.84. The zero-order valence-corrected chi connectivity index (χ0v) is 15.5. The predicted octanol–water partition coefficient (Wildman–Crippen LogP) is 4.81. The summed E-state index contributed by atoms with van der Waals surface area (Å²) >= 11 is 11.8. The van der Waals surface area contributed by atoms with Crippen LogP contribution >= 0.6 is 23.2 Å². The third-order valence-electron chi connectivity index (χ3n) is 3.03. The Labute approximate surface area is 156 Å². The molecule has 0 aliphatic heterocycles. The molecule has 0 aliphatic rings. The summed E-state index contributed by atoms with van der Waals surface area (Å²) in [4.78, 5) is 12.1. The third kappa shape index (κ3) is 6.03. The maximum Gasteiger partial charge on any atom is 0.262 e. The summed E-state index contributed by atoms with van der Waals surface area (Å²) in [7, 11) is 0. The average molecular weight is 384 g/mol. The van der Waals surface area contributed by atoms with Crippen LogP contribution in [-0.4, -0.2) is 25.7 Å². The van der Waals surface area contributed by atoms with Crippen molar-refractivity contribution in [3.8, 4) is 17.2 Å². The largest absolute Gasteiger partial charge is 0.490 e. The Balaban J connectivity index is 1.98. The number of anilines is 1. The molecule has 1 amide bonds. The normalized spacial score (nSPS) is 10.2. The number of benzene rings is 2. The van der Waals surface area contributed by atoms with Gasteiger partial charge in [-0.1, -0.05) is 23.2 Å². The number of halogens is 2. The van der Waals surface area contributed by atoms with Crippen molar-refractivity contribution in [1.82, 2.24) is 0 Å². The van der Waals surface area contributed by atoms with Crippen LogP contribution in [0.4, 0.5) is 5.69 Å². The molecule has 0 saturated heterocycles. The average Bonchev–Trinajstić information content (AvgIpc) is 2.55. The van der Waals surface area contributed by atoms with E-state index in [1.165, 1.54) is 0 Å². The highest BCUT2D eigenvalue weighted by atomic mass is 35.5. The van der Waals surface area contributed by atoms with Crippen molar-refractivity contribution in [1.29, 1.82) is 0 Å². The zero-order valence-electron chi connectivity index (χ0n) is 14.0. The molecule has 0 aliphatic carbocycles. The minimum absolute atomic E-state index is 0.173. The van der Waals surface area contributed by atoms with Crippen LogP contribution in [0.3, 0.4) is 0 Å². The zero-order chi connectivity index (χ0) is 18.2. The second-order valence-electron chi connectivity index (χ2n) is 4.97. The predicted molar refractivity (Wildman–Crippen MR) is 99.4 cm³/mol. The summed E-state index contributed by atoms with van der Waals surface area (Å²) in [5, 5.41) is 3.63. The van der Waals surface area contributed by atoms with Crippen LogP contribution in [0.15, 0.2) is 36.4 Å². The van der Waals surface area contributed by atoms with Crippen LogP contribution in [0.2, 0.25) is 10.0 Å². The van der Waals surface area contributed by atoms with Crippen molar-refractivity contribution < 1.29 is 19.0 Å². The molecule has 0 saturated carbocycles. The van der Waals surface area contributed by atoms with E-state index in [9.17, 15) is 4.79 Å². The number of hydrogen-bond donors (Lipinski definition) is 1. The topological polar surface area (TPSA) is 56.8 Å². The van der Waals surface area contributed by atoms with Gasteiger partial charge in [-0.3, -0.25) is 4.79 Å². The van der Waals surface area contributed by atoms with Gasteiger partial charge in [-0.05, 0) is 44.2 Å². The van der Waals surface area contributed by atoms with E-state index in [1.54, 1.807) is 36.4 Å². The summed E-state index contributed by atoms with van der Waals surface area (Å²) < 4.78 is 16.4. The Bertz CT molecular complexity index is 717. The maximum absolute atomic E-state index is 12.1. The lowest BCUT2D eigenvalue weighted by Gasteiger charge is -2.13. The number of carbonyl (C=O) groups is 1. The number of nitrogens with one attached hydrogen (secondary N) is 1. The van der Waals surface area contributed by atoms with Crippen LogP contribution in [0.5, 0.6) is 17.2 Å². The first kappa shape index (κ1) is 19.2. The van der Waals surface area contributed by atoms with E-state index >= 15 is 0 Å². The lowest BCUT2D eigenvalue weighted by atomic mass is 10.2. The fraction of sp³-hybridized carbons (Fsp3) is 0.278. The molecule has 0 aromatic heterocycles. The molecule has 0 fully saturated rings. The molecule has 0 atom stereocenters. The van der Waals surface area contributed by atoms with Gasteiger partial charge in [-0.25, -0.2) is 0 Å². The quantitative estimate of drug-likeness (QED) is 0.710. The molecule has 2 aromatic rings. The minimum atomic E-state index is -0.317. The fourth-order valence-electron chi connectivity index (χ4n) is 2.09. The Kier molecular flexibility index (Phi) is 7.22. The van der Waals surface area contributed by atoms with Crippen molar-refractivity contribution in [2.75, 3.05) is 25.1 Å². The first-order valence-electron chi connectivity index (χ1n) is 7.80. The van der Waals surface area contributed by atoms with Crippen molar-refractivity contribution >= 4 is 34.8 Å². The first-order chi connectivity index (χ1) is 12.0. The van der Waals surface area contributed by atoms with Gasteiger partial charge < -0.3 is 19.5 Å². The van der Waals surface area contributed by atoms with E-state index in [-0.39, 0.29) is 12.5 Å². The fourth-order valence-corrected chi connectivity index (χ4v) is 2.59. The highest BCUT2D eigenvalue weighted by molar-refractivity contribution is 6.34. The smallest absolute Gasteiger partial charge is 0.262 e. The molecule has 25 heavy (non-hydrogen) atoms. The van der Waals surface area contributed by atoms with E-state index < -0.39 is 0 Å². The lowest BCUT2D eigenvalue weighted by Crippen LogP contribution is -2.20.